The first-order chi connectivity index (χ1) is 8.33. The largest absolute Gasteiger partial charge is 0.490 e. The van der Waals surface area contributed by atoms with Crippen LogP contribution in [0.5, 0.6) is 5.75 Å². The van der Waals surface area contributed by atoms with Crippen LogP contribution in [0.3, 0.4) is 0 Å². The van der Waals surface area contributed by atoms with E-state index < -0.39 is 0 Å². The van der Waals surface area contributed by atoms with E-state index in [1.165, 1.54) is 31.2 Å². The summed E-state index contributed by atoms with van der Waals surface area (Å²) in [6.07, 6.45) is 6.52. The molecule has 0 radical (unpaired) electrons. The van der Waals surface area contributed by atoms with E-state index in [0.29, 0.717) is 18.2 Å². The first kappa shape index (κ1) is 11.1. The number of rotatable bonds is 3. The lowest BCUT2D eigenvalue weighted by Crippen LogP contribution is -2.42. The van der Waals surface area contributed by atoms with Crippen LogP contribution < -0.4 is 10.1 Å². The second-order valence-electron chi connectivity index (χ2n) is 5.35. The summed E-state index contributed by atoms with van der Waals surface area (Å²) in [4.78, 5) is 0. The van der Waals surface area contributed by atoms with Crippen molar-refractivity contribution in [3.05, 3.63) is 29.8 Å². The molecule has 0 amide bonds. The van der Waals surface area contributed by atoms with Crippen LogP contribution in [-0.4, -0.2) is 18.2 Å². The number of hydrogen-bond acceptors (Lipinski definition) is 2. The predicted octanol–water partition coefficient (Wildman–Crippen LogP) is 2.91. The molecule has 1 N–H and O–H groups in total. The Hall–Kier alpha value is -1.02. The minimum absolute atomic E-state index is 0.418. The molecule has 2 fully saturated rings. The Labute approximate surface area is 103 Å². The van der Waals surface area contributed by atoms with Crippen LogP contribution >= 0.6 is 0 Å². The molecule has 2 heteroatoms. The lowest BCUT2D eigenvalue weighted by Gasteiger charge is -2.29. The van der Waals surface area contributed by atoms with Gasteiger partial charge in [-0.1, -0.05) is 19.1 Å². The predicted molar refractivity (Wildman–Crippen MR) is 69.4 cm³/mol. The molecule has 92 valence electrons. The van der Waals surface area contributed by atoms with Crippen molar-refractivity contribution in [3.63, 3.8) is 0 Å². The van der Waals surface area contributed by atoms with E-state index in [4.69, 9.17) is 4.74 Å². The maximum Gasteiger partial charge on any atom is 0.119 e. The van der Waals surface area contributed by atoms with Crippen molar-refractivity contribution in [3.8, 4) is 5.75 Å². The van der Waals surface area contributed by atoms with Gasteiger partial charge in [0.1, 0.15) is 11.9 Å². The molecule has 1 aromatic rings. The van der Waals surface area contributed by atoms with Crippen molar-refractivity contribution in [2.24, 2.45) is 0 Å². The summed E-state index contributed by atoms with van der Waals surface area (Å²) >= 11 is 0. The monoisotopic (exact) mass is 231 g/mol. The van der Waals surface area contributed by atoms with Gasteiger partial charge in [0.05, 0.1) is 0 Å². The normalized spacial score (nSPS) is 31.5. The fourth-order valence-corrected chi connectivity index (χ4v) is 3.10. The first-order valence-corrected chi connectivity index (χ1v) is 6.85. The number of aryl methyl sites for hydroxylation is 1. The first-order valence-electron chi connectivity index (χ1n) is 6.85. The van der Waals surface area contributed by atoms with Crippen molar-refractivity contribution in [1.82, 2.24) is 5.32 Å². The highest BCUT2D eigenvalue weighted by molar-refractivity contribution is 5.27. The average Bonchev–Trinajstić information content (AvgIpc) is 2.70. The Bertz CT molecular complexity index is 361. The number of nitrogens with one attached hydrogen (secondary N) is 1. The highest BCUT2D eigenvalue weighted by atomic mass is 16.5. The van der Waals surface area contributed by atoms with Gasteiger partial charge < -0.3 is 10.1 Å². The smallest absolute Gasteiger partial charge is 0.119 e. The quantitative estimate of drug-likeness (QED) is 0.863. The van der Waals surface area contributed by atoms with Crippen molar-refractivity contribution in [2.45, 2.75) is 57.2 Å². The van der Waals surface area contributed by atoms with E-state index in [-0.39, 0.29) is 0 Å². The van der Waals surface area contributed by atoms with Crippen LogP contribution in [0.1, 0.15) is 38.2 Å². The van der Waals surface area contributed by atoms with Crippen LogP contribution in [-0.2, 0) is 6.42 Å². The standard InChI is InChI=1S/C15H21NO/c1-2-11-3-7-14(8-4-11)17-15-9-12-5-6-13(10-15)16-12/h3-4,7-8,12-13,15-16H,2,5-6,9-10H2,1H3/t12-,13+,15?. The summed E-state index contributed by atoms with van der Waals surface area (Å²) in [5.74, 6) is 1.04. The van der Waals surface area contributed by atoms with E-state index in [0.717, 1.165) is 12.2 Å². The third kappa shape index (κ3) is 2.47. The molecule has 0 spiro atoms. The van der Waals surface area contributed by atoms with Crippen LogP contribution in [0.2, 0.25) is 0 Å². The fraction of sp³-hybridized carbons (Fsp3) is 0.600. The Kier molecular flexibility index (Phi) is 3.06. The zero-order chi connectivity index (χ0) is 11.7. The average molecular weight is 231 g/mol. The molecule has 0 aliphatic carbocycles. The van der Waals surface area contributed by atoms with E-state index in [9.17, 15) is 0 Å². The molecule has 0 saturated carbocycles. The topological polar surface area (TPSA) is 21.3 Å². The van der Waals surface area contributed by atoms with Crippen LogP contribution in [0.15, 0.2) is 24.3 Å². The van der Waals surface area contributed by atoms with Gasteiger partial charge in [-0.15, -0.1) is 0 Å². The van der Waals surface area contributed by atoms with Gasteiger partial charge in [-0.3, -0.25) is 0 Å². The third-order valence-corrected chi connectivity index (χ3v) is 4.06. The molecule has 2 aliphatic heterocycles. The molecule has 2 heterocycles. The van der Waals surface area contributed by atoms with Gasteiger partial charge in [0, 0.05) is 12.1 Å². The molecule has 3 rings (SSSR count). The molecular weight excluding hydrogens is 210 g/mol. The zero-order valence-corrected chi connectivity index (χ0v) is 10.5. The van der Waals surface area contributed by atoms with E-state index in [1.807, 2.05) is 0 Å². The number of hydrogen-bond donors (Lipinski definition) is 1. The molecule has 2 saturated heterocycles. The van der Waals surface area contributed by atoms with Crippen molar-refractivity contribution in [2.75, 3.05) is 0 Å². The number of fused-ring (bicyclic) bond motifs is 2. The van der Waals surface area contributed by atoms with Gasteiger partial charge in [0.2, 0.25) is 0 Å². The van der Waals surface area contributed by atoms with E-state index in [1.54, 1.807) is 0 Å². The van der Waals surface area contributed by atoms with Gasteiger partial charge in [-0.2, -0.15) is 0 Å². The Balaban J connectivity index is 1.62. The zero-order valence-electron chi connectivity index (χ0n) is 10.5. The van der Waals surface area contributed by atoms with Gasteiger partial charge in [-0.05, 0) is 49.8 Å². The molecule has 1 unspecified atom stereocenters. The molecule has 17 heavy (non-hydrogen) atoms. The molecule has 1 aromatic carbocycles. The second kappa shape index (κ2) is 4.69. The Morgan fingerprint density at radius 2 is 1.76 bits per heavy atom. The summed E-state index contributed by atoms with van der Waals surface area (Å²) in [5.41, 5.74) is 1.38. The van der Waals surface area contributed by atoms with Crippen molar-refractivity contribution < 1.29 is 4.74 Å². The van der Waals surface area contributed by atoms with E-state index >= 15 is 0 Å². The molecule has 2 nitrogen and oxygen atoms in total. The molecular formula is C15H21NO. The van der Waals surface area contributed by atoms with Gasteiger partial charge in [0.25, 0.3) is 0 Å². The summed E-state index contributed by atoms with van der Waals surface area (Å²) in [6, 6.07) is 9.98. The minimum Gasteiger partial charge on any atom is -0.490 e. The maximum absolute atomic E-state index is 6.10. The summed E-state index contributed by atoms with van der Waals surface area (Å²) in [5, 5.41) is 3.64. The van der Waals surface area contributed by atoms with Crippen molar-refractivity contribution in [1.29, 1.82) is 0 Å². The molecule has 2 bridgehead atoms. The number of piperidine rings is 1. The second-order valence-corrected chi connectivity index (χ2v) is 5.35. The lowest BCUT2D eigenvalue weighted by atomic mass is 10.0. The lowest BCUT2D eigenvalue weighted by molar-refractivity contribution is 0.137. The molecule has 3 atom stereocenters. The minimum atomic E-state index is 0.418. The summed E-state index contributed by atoms with van der Waals surface area (Å²) in [6.45, 7) is 2.18. The van der Waals surface area contributed by atoms with Gasteiger partial charge in [-0.25, -0.2) is 0 Å². The fourth-order valence-electron chi connectivity index (χ4n) is 3.10. The highest BCUT2D eigenvalue weighted by Crippen LogP contribution is 2.29. The number of ether oxygens (including phenoxy) is 1. The van der Waals surface area contributed by atoms with Crippen molar-refractivity contribution >= 4 is 0 Å². The van der Waals surface area contributed by atoms with Crippen LogP contribution in [0, 0.1) is 0 Å². The maximum atomic E-state index is 6.10. The third-order valence-electron chi connectivity index (χ3n) is 4.06. The SMILES string of the molecule is CCc1ccc(OC2C[C@H]3CC[C@@H](C2)N3)cc1. The number of benzene rings is 1. The van der Waals surface area contributed by atoms with Crippen LogP contribution in [0.25, 0.3) is 0 Å². The highest BCUT2D eigenvalue weighted by Gasteiger charge is 2.34. The van der Waals surface area contributed by atoms with Gasteiger partial charge >= 0.3 is 0 Å². The molecule has 0 aromatic heterocycles. The Morgan fingerprint density at radius 3 is 2.35 bits per heavy atom. The Morgan fingerprint density at radius 1 is 1.12 bits per heavy atom. The summed E-state index contributed by atoms with van der Waals surface area (Å²) in [7, 11) is 0. The van der Waals surface area contributed by atoms with E-state index in [2.05, 4.69) is 36.5 Å². The van der Waals surface area contributed by atoms with Crippen LogP contribution in [0.4, 0.5) is 0 Å². The summed E-state index contributed by atoms with van der Waals surface area (Å²) < 4.78 is 6.10. The van der Waals surface area contributed by atoms with Gasteiger partial charge in [0.15, 0.2) is 0 Å². The molecule has 2 aliphatic rings.